The highest BCUT2D eigenvalue weighted by atomic mass is 32.2. The average Bonchev–Trinajstić information content (AvgIpc) is 3.20. The summed E-state index contributed by atoms with van der Waals surface area (Å²) in [5.74, 6) is 1.04. The quantitative estimate of drug-likeness (QED) is 0.771. The van der Waals surface area contributed by atoms with E-state index in [4.69, 9.17) is 0 Å². The van der Waals surface area contributed by atoms with E-state index in [0.717, 1.165) is 19.4 Å². The summed E-state index contributed by atoms with van der Waals surface area (Å²) in [6.45, 7) is 7.19. The summed E-state index contributed by atoms with van der Waals surface area (Å²) in [6, 6.07) is 0.458. The maximum atomic E-state index is 12.6. The first-order valence-electron chi connectivity index (χ1n) is 7.84. The second kappa shape index (κ2) is 6.73. The van der Waals surface area contributed by atoms with Gasteiger partial charge in [-0.25, -0.2) is 0 Å². The Morgan fingerprint density at radius 1 is 1.25 bits per heavy atom. The zero-order valence-corrected chi connectivity index (χ0v) is 13.8. The van der Waals surface area contributed by atoms with Crippen LogP contribution in [0.5, 0.6) is 0 Å². The van der Waals surface area contributed by atoms with Gasteiger partial charge >= 0.3 is 0 Å². The van der Waals surface area contributed by atoms with Crippen LogP contribution in [0.3, 0.4) is 0 Å². The van der Waals surface area contributed by atoms with Crippen molar-refractivity contribution < 1.29 is 8.42 Å². The number of hydrogen-bond donors (Lipinski definition) is 1. The molecule has 6 heteroatoms. The Bertz CT molecular complexity index is 407. The largest absolute Gasteiger partial charge is 0.314 e. The predicted molar refractivity (Wildman–Crippen MR) is 81.7 cm³/mol. The van der Waals surface area contributed by atoms with Crippen LogP contribution >= 0.6 is 0 Å². The Kier molecular flexibility index (Phi) is 5.45. The van der Waals surface area contributed by atoms with Crippen LogP contribution < -0.4 is 5.32 Å². The van der Waals surface area contributed by atoms with Crippen molar-refractivity contribution in [3.05, 3.63) is 0 Å². The van der Waals surface area contributed by atoms with Gasteiger partial charge in [0.15, 0.2) is 0 Å². The summed E-state index contributed by atoms with van der Waals surface area (Å²) in [6.07, 6.45) is 4.46. The molecular formula is C14H29N3O2S. The molecule has 0 radical (unpaired) electrons. The van der Waals surface area contributed by atoms with Gasteiger partial charge in [-0.3, -0.25) is 0 Å². The lowest BCUT2D eigenvalue weighted by Gasteiger charge is -2.34. The highest BCUT2D eigenvalue weighted by Gasteiger charge is 2.34. The van der Waals surface area contributed by atoms with Gasteiger partial charge < -0.3 is 5.32 Å². The minimum Gasteiger partial charge on any atom is -0.314 e. The van der Waals surface area contributed by atoms with Gasteiger partial charge in [-0.2, -0.15) is 17.0 Å². The molecule has 1 heterocycles. The number of piperidine rings is 1. The van der Waals surface area contributed by atoms with Gasteiger partial charge in [0.05, 0.1) is 0 Å². The smallest absolute Gasteiger partial charge is 0.281 e. The van der Waals surface area contributed by atoms with Gasteiger partial charge in [0.25, 0.3) is 10.2 Å². The molecule has 118 valence electrons. The number of nitrogens with one attached hydrogen (secondary N) is 1. The lowest BCUT2D eigenvalue weighted by molar-refractivity contribution is 0.242. The van der Waals surface area contributed by atoms with Crippen LogP contribution in [0.15, 0.2) is 0 Å². The van der Waals surface area contributed by atoms with E-state index < -0.39 is 10.2 Å². The monoisotopic (exact) mass is 303 g/mol. The molecule has 20 heavy (non-hydrogen) atoms. The molecule has 0 aromatic heterocycles. The van der Waals surface area contributed by atoms with Crippen LogP contribution in [-0.4, -0.2) is 56.3 Å². The molecule has 1 unspecified atom stereocenters. The highest BCUT2D eigenvalue weighted by Crippen LogP contribution is 2.31. The lowest BCUT2D eigenvalue weighted by atomic mass is 9.99. The Morgan fingerprint density at radius 3 is 2.55 bits per heavy atom. The van der Waals surface area contributed by atoms with Crippen LogP contribution in [0.2, 0.25) is 0 Å². The van der Waals surface area contributed by atoms with Crippen molar-refractivity contribution in [2.75, 3.05) is 33.2 Å². The van der Waals surface area contributed by atoms with Crippen molar-refractivity contribution in [1.29, 1.82) is 0 Å². The Labute approximate surface area is 123 Å². The van der Waals surface area contributed by atoms with E-state index in [0.29, 0.717) is 37.5 Å². The van der Waals surface area contributed by atoms with Crippen molar-refractivity contribution in [2.24, 2.45) is 11.8 Å². The molecule has 1 saturated carbocycles. The SMILES string of the molecule is CC(C)NCC1CCCN(S(=O)(=O)N(C)CC2CC2)C1. The molecule has 1 aliphatic carbocycles. The summed E-state index contributed by atoms with van der Waals surface area (Å²) in [5.41, 5.74) is 0. The molecule has 0 aromatic rings. The van der Waals surface area contributed by atoms with Crippen molar-refractivity contribution in [3.8, 4) is 0 Å². The fourth-order valence-corrected chi connectivity index (χ4v) is 4.31. The topological polar surface area (TPSA) is 52.7 Å². The Balaban J connectivity index is 1.89. The van der Waals surface area contributed by atoms with Crippen molar-refractivity contribution in [2.45, 2.75) is 45.6 Å². The highest BCUT2D eigenvalue weighted by molar-refractivity contribution is 7.86. The fraction of sp³-hybridized carbons (Fsp3) is 1.00. The van der Waals surface area contributed by atoms with Crippen molar-refractivity contribution >= 4 is 10.2 Å². The summed E-state index contributed by atoms with van der Waals surface area (Å²) in [5, 5.41) is 3.42. The van der Waals surface area contributed by atoms with E-state index in [9.17, 15) is 8.42 Å². The average molecular weight is 303 g/mol. The van der Waals surface area contributed by atoms with Gasteiger partial charge in [-0.15, -0.1) is 0 Å². The Morgan fingerprint density at radius 2 is 1.95 bits per heavy atom. The van der Waals surface area contributed by atoms with E-state index in [1.807, 2.05) is 0 Å². The van der Waals surface area contributed by atoms with E-state index in [-0.39, 0.29) is 0 Å². The van der Waals surface area contributed by atoms with Gasteiger partial charge in [0.2, 0.25) is 0 Å². The third-order valence-electron chi connectivity index (χ3n) is 4.23. The first-order chi connectivity index (χ1) is 9.39. The van der Waals surface area contributed by atoms with Gasteiger partial charge in [0.1, 0.15) is 0 Å². The normalized spacial score (nSPS) is 25.6. The number of nitrogens with zero attached hydrogens (tertiary/aromatic N) is 2. The molecule has 0 amide bonds. The van der Waals surface area contributed by atoms with Crippen LogP contribution in [0.1, 0.15) is 39.5 Å². The molecule has 2 aliphatic rings. The zero-order valence-electron chi connectivity index (χ0n) is 13.0. The number of rotatable bonds is 7. The van der Waals surface area contributed by atoms with Crippen molar-refractivity contribution in [1.82, 2.24) is 13.9 Å². The molecule has 2 rings (SSSR count). The van der Waals surface area contributed by atoms with E-state index in [1.54, 1.807) is 15.7 Å². The summed E-state index contributed by atoms with van der Waals surface area (Å²) in [4.78, 5) is 0. The predicted octanol–water partition coefficient (Wildman–Crippen LogP) is 1.28. The summed E-state index contributed by atoms with van der Waals surface area (Å²) in [7, 11) is -1.52. The molecule has 0 aromatic carbocycles. The first kappa shape index (κ1) is 16.2. The zero-order chi connectivity index (χ0) is 14.8. The molecule has 1 atom stereocenters. The maximum Gasteiger partial charge on any atom is 0.281 e. The van der Waals surface area contributed by atoms with Crippen LogP contribution in [0.25, 0.3) is 0 Å². The van der Waals surface area contributed by atoms with Crippen LogP contribution in [0, 0.1) is 11.8 Å². The first-order valence-corrected chi connectivity index (χ1v) is 9.24. The van der Waals surface area contributed by atoms with Crippen LogP contribution in [0.4, 0.5) is 0 Å². The summed E-state index contributed by atoms with van der Waals surface area (Å²) < 4.78 is 28.4. The van der Waals surface area contributed by atoms with Crippen LogP contribution in [-0.2, 0) is 10.2 Å². The molecule has 1 N–H and O–H groups in total. The molecule has 2 fully saturated rings. The summed E-state index contributed by atoms with van der Waals surface area (Å²) >= 11 is 0. The third kappa shape index (κ3) is 4.41. The molecule has 1 saturated heterocycles. The molecular weight excluding hydrogens is 274 g/mol. The third-order valence-corrected chi connectivity index (χ3v) is 6.15. The van der Waals surface area contributed by atoms with E-state index >= 15 is 0 Å². The minimum absolute atomic E-state index is 0.440. The number of hydrogen-bond acceptors (Lipinski definition) is 3. The van der Waals surface area contributed by atoms with Crippen molar-refractivity contribution in [3.63, 3.8) is 0 Å². The molecule has 1 aliphatic heterocycles. The molecule has 5 nitrogen and oxygen atoms in total. The maximum absolute atomic E-state index is 12.6. The Hall–Kier alpha value is -0.170. The van der Waals surface area contributed by atoms with E-state index in [2.05, 4.69) is 19.2 Å². The van der Waals surface area contributed by atoms with E-state index in [1.165, 1.54) is 12.8 Å². The van der Waals surface area contributed by atoms with Gasteiger partial charge in [-0.1, -0.05) is 13.8 Å². The molecule has 0 bridgehead atoms. The minimum atomic E-state index is -3.25. The van der Waals surface area contributed by atoms with Gasteiger partial charge in [0, 0.05) is 32.7 Å². The second-order valence-electron chi connectivity index (χ2n) is 6.66. The molecule has 0 spiro atoms. The standard InChI is InChI=1S/C14H29N3O2S/c1-12(2)15-9-14-5-4-8-17(11-14)20(18,19)16(3)10-13-6-7-13/h12-15H,4-11H2,1-3H3. The second-order valence-corrected chi connectivity index (χ2v) is 8.70. The van der Waals surface area contributed by atoms with Gasteiger partial charge in [-0.05, 0) is 44.1 Å². The fourth-order valence-electron chi connectivity index (χ4n) is 2.76. The lowest BCUT2D eigenvalue weighted by Crippen LogP contribution is -2.48.